The second kappa shape index (κ2) is 8.92. The van der Waals surface area contributed by atoms with Crippen LogP contribution in [0.2, 0.25) is 0 Å². The minimum Gasteiger partial charge on any atom is -0.439 e. The number of hydrogen-bond acceptors (Lipinski definition) is 4. The van der Waals surface area contributed by atoms with Gasteiger partial charge in [0.15, 0.2) is 5.58 Å². The quantitative estimate of drug-likeness (QED) is 0.575. The van der Waals surface area contributed by atoms with Crippen molar-refractivity contribution in [1.82, 2.24) is 15.2 Å². The summed E-state index contributed by atoms with van der Waals surface area (Å²) in [4.78, 5) is 19.0. The van der Waals surface area contributed by atoms with Crippen LogP contribution < -0.4 is 10.6 Å². The van der Waals surface area contributed by atoms with Crippen molar-refractivity contribution in [2.45, 2.75) is 19.4 Å². The van der Waals surface area contributed by atoms with E-state index in [2.05, 4.69) is 36.4 Å². The maximum atomic E-state index is 12.9. The molecule has 3 aromatic rings. The molecule has 6 nitrogen and oxygen atoms in total. The number of likely N-dealkylation sites (tertiary alicyclic amines) is 1. The monoisotopic (exact) mass is 460 g/mol. The average molecular weight is 461 g/mol. The maximum absolute atomic E-state index is 12.9. The fourth-order valence-electron chi connectivity index (χ4n) is 3.61. The van der Waals surface area contributed by atoms with Gasteiger partial charge in [-0.15, -0.1) is 0 Å². The van der Waals surface area contributed by atoms with Gasteiger partial charge in [-0.1, -0.05) is 15.9 Å². The van der Waals surface area contributed by atoms with E-state index in [9.17, 15) is 9.18 Å². The normalized spacial score (nSPS) is 17.4. The van der Waals surface area contributed by atoms with Crippen molar-refractivity contribution in [3.8, 4) is 0 Å². The SMILES string of the molecule is O=C(NCC1CCCN(Cc2nc3cc(Br)ccc3o2)C1)Nc1ccc(F)cc1. The van der Waals surface area contributed by atoms with Gasteiger partial charge >= 0.3 is 6.03 Å². The van der Waals surface area contributed by atoms with Crippen LogP contribution in [0.25, 0.3) is 11.1 Å². The molecule has 2 N–H and O–H groups in total. The molecular weight excluding hydrogens is 439 g/mol. The van der Waals surface area contributed by atoms with E-state index in [-0.39, 0.29) is 11.8 Å². The van der Waals surface area contributed by atoms with Crippen molar-refractivity contribution in [3.63, 3.8) is 0 Å². The molecule has 0 bridgehead atoms. The molecule has 0 aliphatic carbocycles. The highest BCUT2D eigenvalue weighted by molar-refractivity contribution is 9.10. The topological polar surface area (TPSA) is 70.4 Å². The van der Waals surface area contributed by atoms with Gasteiger partial charge in [-0.2, -0.15) is 0 Å². The first kappa shape index (κ1) is 19.8. The Labute approximate surface area is 176 Å². The molecule has 4 rings (SSSR count). The number of carbonyl (C=O) groups excluding carboxylic acids is 1. The Bertz CT molecular complexity index is 992. The van der Waals surface area contributed by atoms with Gasteiger partial charge in [-0.25, -0.2) is 14.2 Å². The number of amides is 2. The number of rotatable bonds is 5. The summed E-state index contributed by atoms with van der Waals surface area (Å²) < 4.78 is 19.8. The van der Waals surface area contributed by atoms with Crippen LogP contribution in [0, 0.1) is 11.7 Å². The van der Waals surface area contributed by atoms with E-state index in [4.69, 9.17) is 4.42 Å². The average Bonchev–Trinajstić information content (AvgIpc) is 3.10. The van der Waals surface area contributed by atoms with Gasteiger partial charge < -0.3 is 15.1 Å². The first-order valence-electron chi connectivity index (χ1n) is 9.63. The van der Waals surface area contributed by atoms with Crippen LogP contribution in [0.4, 0.5) is 14.9 Å². The van der Waals surface area contributed by atoms with E-state index in [1.807, 2.05) is 18.2 Å². The van der Waals surface area contributed by atoms with Crippen molar-refractivity contribution in [3.05, 3.63) is 58.6 Å². The van der Waals surface area contributed by atoms with E-state index >= 15 is 0 Å². The molecule has 0 radical (unpaired) electrons. The largest absolute Gasteiger partial charge is 0.439 e. The number of aromatic nitrogens is 1. The third-order valence-electron chi connectivity index (χ3n) is 5.01. The molecule has 2 heterocycles. The third-order valence-corrected chi connectivity index (χ3v) is 5.50. The van der Waals surface area contributed by atoms with Crippen LogP contribution in [0.3, 0.4) is 0 Å². The lowest BCUT2D eigenvalue weighted by Crippen LogP contribution is -2.41. The molecule has 1 atom stereocenters. The molecule has 152 valence electrons. The van der Waals surface area contributed by atoms with Crippen LogP contribution in [-0.4, -0.2) is 35.5 Å². The number of hydrogen-bond donors (Lipinski definition) is 2. The van der Waals surface area contributed by atoms with Gasteiger partial charge in [0.25, 0.3) is 0 Å². The number of benzene rings is 2. The van der Waals surface area contributed by atoms with Gasteiger partial charge in [0.05, 0.1) is 6.54 Å². The number of piperidine rings is 1. The number of urea groups is 1. The highest BCUT2D eigenvalue weighted by atomic mass is 79.9. The van der Waals surface area contributed by atoms with Crippen molar-refractivity contribution in [1.29, 1.82) is 0 Å². The zero-order valence-electron chi connectivity index (χ0n) is 15.8. The van der Waals surface area contributed by atoms with Gasteiger partial charge in [0, 0.05) is 23.2 Å². The third kappa shape index (κ3) is 5.33. The first-order valence-corrected chi connectivity index (χ1v) is 10.4. The summed E-state index contributed by atoms with van der Waals surface area (Å²) in [7, 11) is 0. The van der Waals surface area contributed by atoms with Crippen LogP contribution in [0.5, 0.6) is 0 Å². The highest BCUT2D eigenvalue weighted by Crippen LogP contribution is 2.23. The van der Waals surface area contributed by atoms with Gasteiger partial charge in [0.1, 0.15) is 11.3 Å². The molecule has 29 heavy (non-hydrogen) atoms. The van der Waals surface area contributed by atoms with Crippen molar-refractivity contribution in [2.75, 3.05) is 25.0 Å². The van der Waals surface area contributed by atoms with Gasteiger partial charge in [-0.3, -0.25) is 4.90 Å². The number of anilines is 1. The van der Waals surface area contributed by atoms with E-state index < -0.39 is 0 Å². The van der Waals surface area contributed by atoms with Crippen LogP contribution >= 0.6 is 15.9 Å². The predicted molar refractivity (Wildman–Crippen MR) is 113 cm³/mol. The summed E-state index contributed by atoms with van der Waals surface area (Å²) in [5.74, 6) is 0.742. The Morgan fingerprint density at radius 1 is 1.28 bits per heavy atom. The van der Waals surface area contributed by atoms with E-state index in [1.165, 1.54) is 24.3 Å². The minimum atomic E-state index is -0.329. The molecule has 0 spiro atoms. The zero-order valence-corrected chi connectivity index (χ0v) is 17.4. The molecular formula is C21H22BrFN4O2. The molecule has 2 aromatic carbocycles. The molecule has 2 amide bonds. The zero-order chi connectivity index (χ0) is 20.2. The predicted octanol–water partition coefficient (Wildman–Crippen LogP) is 4.76. The second-order valence-electron chi connectivity index (χ2n) is 7.30. The number of nitrogens with zero attached hydrogens (tertiary/aromatic N) is 2. The molecule has 8 heteroatoms. The van der Waals surface area contributed by atoms with Crippen LogP contribution in [-0.2, 0) is 6.54 Å². The summed E-state index contributed by atoms with van der Waals surface area (Å²) in [6, 6.07) is 11.2. The summed E-state index contributed by atoms with van der Waals surface area (Å²) in [6.45, 7) is 3.11. The van der Waals surface area contributed by atoms with E-state index in [0.717, 1.165) is 41.5 Å². The molecule has 0 saturated carbocycles. The van der Waals surface area contributed by atoms with Crippen LogP contribution in [0.15, 0.2) is 51.4 Å². The standard InChI is InChI=1S/C21H22BrFN4O2/c22-15-3-8-19-18(10-15)26-20(29-19)13-27-9-1-2-14(12-27)11-24-21(28)25-17-6-4-16(23)5-7-17/h3-8,10,14H,1-2,9,11-13H2,(H2,24,25,28). The number of fused-ring (bicyclic) bond motifs is 1. The Hall–Kier alpha value is -2.45. The maximum Gasteiger partial charge on any atom is 0.319 e. The molecule has 1 saturated heterocycles. The lowest BCUT2D eigenvalue weighted by atomic mass is 9.98. The summed E-state index contributed by atoms with van der Waals surface area (Å²) >= 11 is 3.45. The molecule has 1 aromatic heterocycles. The number of oxazole rings is 1. The molecule has 1 aliphatic rings. The van der Waals surface area contributed by atoms with Gasteiger partial charge in [-0.05, 0) is 67.8 Å². The molecule has 1 unspecified atom stereocenters. The Morgan fingerprint density at radius 2 is 2.10 bits per heavy atom. The number of halogens is 2. The number of nitrogens with one attached hydrogen (secondary N) is 2. The first-order chi connectivity index (χ1) is 14.0. The minimum absolute atomic E-state index is 0.279. The summed E-state index contributed by atoms with van der Waals surface area (Å²) in [6.07, 6.45) is 2.13. The molecule has 1 fully saturated rings. The smallest absolute Gasteiger partial charge is 0.319 e. The van der Waals surface area contributed by atoms with Crippen molar-refractivity contribution >= 4 is 38.7 Å². The van der Waals surface area contributed by atoms with Crippen molar-refractivity contribution < 1.29 is 13.6 Å². The van der Waals surface area contributed by atoms with Crippen molar-refractivity contribution in [2.24, 2.45) is 5.92 Å². The highest BCUT2D eigenvalue weighted by Gasteiger charge is 2.22. The van der Waals surface area contributed by atoms with E-state index in [1.54, 1.807) is 0 Å². The fourth-order valence-corrected chi connectivity index (χ4v) is 3.96. The second-order valence-corrected chi connectivity index (χ2v) is 8.22. The lowest BCUT2D eigenvalue weighted by Gasteiger charge is -2.31. The Morgan fingerprint density at radius 3 is 2.93 bits per heavy atom. The number of carbonyl (C=O) groups is 1. The summed E-state index contributed by atoms with van der Waals surface area (Å²) in [5.41, 5.74) is 2.20. The summed E-state index contributed by atoms with van der Waals surface area (Å²) in [5, 5.41) is 5.63. The van der Waals surface area contributed by atoms with Crippen LogP contribution in [0.1, 0.15) is 18.7 Å². The molecule has 1 aliphatic heterocycles. The fraction of sp³-hybridized carbons (Fsp3) is 0.333. The Kier molecular flexibility index (Phi) is 6.10. The van der Waals surface area contributed by atoms with Gasteiger partial charge in [0.2, 0.25) is 5.89 Å². The Balaban J connectivity index is 1.27. The lowest BCUT2D eigenvalue weighted by molar-refractivity contribution is 0.154. The van der Waals surface area contributed by atoms with E-state index in [0.29, 0.717) is 30.6 Å².